The lowest BCUT2D eigenvalue weighted by atomic mass is 9.80. The first-order valence-electron chi connectivity index (χ1n) is 7.51. The maximum absolute atomic E-state index is 6.40. The maximum atomic E-state index is 6.40. The molecule has 0 radical (unpaired) electrons. The highest BCUT2D eigenvalue weighted by Gasteiger charge is 2.29. The molecule has 7 heteroatoms. The van der Waals surface area contributed by atoms with Crippen LogP contribution in [0, 0.1) is 6.92 Å². The van der Waals surface area contributed by atoms with Crippen molar-refractivity contribution in [1.29, 1.82) is 0 Å². The number of hydrogen-bond acceptors (Lipinski definition) is 3. The summed E-state index contributed by atoms with van der Waals surface area (Å²) in [6, 6.07) is 7.62. The van der Waals surface area contributed by atoms with Crippen LogP contribution in [0.5, 0.6) is 0 Å². The van der Waals surface area contributed by atoms with Crippen LogP contribution in [0.15, 0.2) is 40.7 Å². The van der Waals surface area contributed by atoms with E-state index < -0.39 is 0 Å². The lowest BCUT2D eigenvalue weighted by molar-refractivity contribution is 0.677. The van der Waals surface area contributed by atoms with Gasteiger partial charge in [-0.3, -0.25) is 4.98 Å². The predicted molar refractivity (Wildman–Crippen MR) is 98.8 cm³/mol. The van der Waals surface area contributed by atoms with E-state index in [1.165, 1.54) is 0 Å². The molecule has 1 aromatic heterocycles. The summed E-state index contributed by atoms with van der Waals surface area (Å²) in [5, 5.41) is 9.19. The molecule has 1 aliphatic rings. The van der Waals surface area contributed by atoms with E-state index in [-0.39, 0.29) is 11.9 Å². The third-order valence-electron chi connectivity index (χ3n) is 4.11. The van der Waals surface area contributed by atoms with Gasteiger partial charge in [0.1, 0.15) is 0 Å². The molecule has 24 heavy (non-hydrogen) atoms. The average molecular weight is 362 g/mol. The summed E-state index contributed by atoms with van der Waals surface area (Å²) in [7, 11) is 0. The summed E-state index contributed by atoms with van der Waals surface area (Å²) in [4.78, 5) is 4.52. The van der Waals surface area contributed by atoms with Gasteiger partial charge < -0.3 is 11.5 Å². The normalized spacial score (nSPS) is 18.3. The minimum atomic E-state index is -0.0755. The Bertz CT molecular complexity index is 841. The number of hydrogen-bond donors (Lipinski definition) is 2. The molecule has 124 valence electrons. The zero-order chi connectivity index (χ0) is 17.3. The monoisotopic (exact) mass is 361 g/mol. The largest absolute Gasteiger partial charge is 0.369 e. The van der Waals surface area contributed by atoms with E-state index in [0.717, 1.165) is 34.5 Å². The van der Waals surface area contributed by atoms with Crippen molar-refractivity contribution in [3.05, 3.63) is 62.9 Å². The Morgan fingerprint density at radius 1 is 1.21 bits per heavy atom. The van der Waals surface area contributed by atoms with Crippen LogP contribution in [-0.2, 0) is 6.42 Å². The summed E-state index contributed by atoms with van der Waals surface area (Å²) in [5.74, 6) is 0.0412. The van der Waals surface area contributed by atoms with Gasteiger partial charge in [-0.25, -0.2) is 0 Å². The van der Waals surface area contributed by atoms with Gasteiger partial charge in [0.05, 0.1) is 21.5 Å². The number of benzene rings is 1. The van der Waals surface area contributed by atoms with Crippen LogP contribution in [-0.4, -0.2) is 16.7 Å². The summed E-state index contributed by atoms with van der Waals surface area (Å²) in [6.45, 7) is 2.03. The fourth-order valence-corrected chi connectivity index (χ4v) is 3.53. The molecule has 1 aromatic carbocycles. The molecule has 0 saturated carbocycles. The van der Waals surface area contributed by atoms with Crippen LogP contribution in [0.3, 0.4) is 0 Å². The second-order valence-corrected chi connectivity index (χ2v) is 6.55. The van der Waals surface area contributed by atoms with Gasteiger partial charge in [-0.15, -0.1) is 5.10 Å². The molecule has 0 aliphatic heterocycles. The smallest absolute Gasteiger partial charge is 0.211 e. The van der Waals surface area contributed by atoms with Crippen molar-refractivity contribution in [3.63, 3.8) is 0 Å². The number of guanidine groups is 1. The van der Waals surface area contributed by atoms with E-state index in [0.29, 0.717) is 16.5 Å². The first-order valence-corrected chi connectivity index (χ1v) is 8.27. The van der Waals surface area contributed by atoms with Crippen LogP contribution in [0.1, 0.15) is 34.7 Å². The number of rotatable bonds is 2. The molecule has 1 aliphatic carbocycles. The molecule has 2 aromatic rings. The minimum absolute atomic E-state index is 0.0755. The summed E-state index contributed by atoms with van der Waals surface area (Å²) in [6.07, 6.45) is 3.22. The molecule has 4 N–H and O–H groups in total. The fourth-order valence-electron chi connectivity index (χ4n) is 3.07. The Labute approximate surface area is 150 Å². The van der Waals surface area contributed by atoms with Crippen LogP contribution in [0.2, 0.25) is 10.0 Å². The third-order valence-corrected chi connectivity index (χ3v) is 4.95. The number of halogens is 2. The van der Waals surface area contributed by atoms with Crippen molar-refractivity contribution in [3.8, 4) is 0 Å². The van der Waals surface area contributed by atoms with Gasteiger partial charge >= 0.3 is 0 Å². The van der Waals surface area contributed by atoms with E-state index >= 15 is 0 Å². The van der Waals surface area contributed by atoms with Crippen molar-refractivity contribution < 1.29 is 0 Å². The van der Waals surface area contributed by atoms with Crippen LogP contribution >= 0.6 is 23.2 Å². The molecule has 1 unspecified atom stereocenters. The molecule has 1 atom stereocenters. The van der Waals surface area contributed by atoms with E-state index in [2.05, 4.69) is 15.2 Å². The highest BCUT2D eigenvalue weighted by atomic mass is 35.5. The van der Waals surface area contributed by atoms with Crippen LogP contribution in [0.25, 0.3) is 0 Å². The van der Waals surface area contributed by atoms with Gasteiger partial charge in [0.25, 0.3) is 0 Å². The van der Waals surface area contributed by atoms with Crippen molar-refractivity contribution >= 4 is 34.9 Å². The Morgan fingerprint density at radius 3 is 2.75 bits per heavy atom. The minimum Gasteiger partial charge on any atom is -0.369 e. The van der Waals surface area contributed by atoms with Crippen molar-refractivity contribution in [2.24, 2.45) is 21.7 Å². The molecule has 0 amide bonds. The van der Waals surface area contributed by atoms with E-state index in [4.69, 9.17) is 34.7 Å². The Kier molecular flexibility index (Phi) is 4.73. The number of nitrogens with two attached hydrogens (primary N) is 2. The number of nitrogens with zero attached hydrogens (tertiary/aromatic N) is 3. The SMILES string of the molecule is Cc1ccnc2c1/C(=N\N=C(N)N)CC(c1cccc(Cl)c1Cl)C2. The number of aryl methyl sites for hydroxylation is 1. The Balaban J connectivity index is 2.10. The lowest BCUT2D eigenvalue weighted by Gasteiger charge is -2.27. The standard InChI is InChI=1S/C17H17Cl2N5/c1-9-5-6-22-13-7-10(11-3-2-4-12(18)16(11)19)8-14(15(9)13)23-24-17(20)21/h2-6,10H,7-8H2,1H3,(H4,20,21,24)/b23-14-. The van der Waals surface area contributed by atoms with Gasteiger partial charge in [0.2, 0.25) is 5.96 Å². The van der Waals surface area contributed by atoms with Crippen LogP contribution in [0.4, 0.5) is 0 Å². The molecule has 0 bridgehead atoms. The fraction of sp³-hybridized carbons (Fsp3) is 0.235. The third kappa shape index (κ3) is 3.23. The molecule has 1 heterocycles. The highest BCUT2D eigenvalue weighted by Crippen LogP contribution is 2.38. The zero-order valence-corrected chi connectivity index (χ0v) is 14.6. The van der Waals surface area contributed by atoms with E-state index in [1.54, 1.807) is 12.3 Å². The van der Waals surface area contributed by atoms with Gasteiger partial charge in [0.15, 0.2) is 0 Å². The molecular formula is C17H17Cl2N5. The van der Waals surface area contributed by atoms with E-state index in [9.17, 15) is 0 Å². The van der Waals surface area contributed by atoms with Crippen LogP contribution < -0.4 is 11.5 Å². The summed E-state index contributed by atoms with van der Waals surface area (Å²) < 4.78 is 0. The highest BCUT2D eigenvalue weighted by molar-refractivity contribution is 6.42. The first kappa shape index (κ1) is 16.7. The van der Waals surface area contributed by atoms with Gasteiger partial charge in [-0.1, -0.05) is 35.3 Å². The number of fused-ring (bicyclic) bond motifs is 1. The molecule has 0 spiro atoms. The van der Waals surface area contributed by atoms with Crippen molar-refractivity contribution in [2.45, 2.75) is 25.7 Å². The quantitative estimate of drug-likeness (QED) is 0.487. The Morgan fingerprint density at radius 2 is 2.00 bits per heavy atom. The molecular weight excluding hydrogens is 345 g/mol. The van der Waals surface area contributed by atoms with Crippen molar-refractivity contribution in [1.82, 2.24) is 4.98 Å². The second kappa shape index (κ2) is 6.79. The Hall–Kier alpha value is -2.11. The second-order valence-electron chi connectivity index (χ2n) is 5.77. The zero-order valence-electron chi connectivity index (χ0n) is 13.1. The predicted octanol–water partition coefficient (Wildman–Crippen LogP) is 3.40. The first-order chi connectivity index (χ1) is 11.5. The van der Waals surface area contributed by atoms with Crippen molar-refractivity contribution in [2.75, 3.05) is 0 Å². The number of aromatic nitrogens is 1. The molecule has 0 fully saturated rings. The summed E-state index contributed by atoms with van der Waals surface area (Å²) >= 11 is 12.6. The number of pyridine rings is 1. The average Bonchev–Trinajstić information content (AvgIpc) is 2.55. The molecule has 5 nitrogen and oxygen atoms in total. The summed E-state index contributed by atoms with van der Waals surface area (Å²) in [5.41, 5.74) is 15.7. The maximum Gasteiger partial charge on any atom is 0.211 e. The molecule has 0 saturated heterocycles. The topological polar surface area (TPSA) is 89.6 Å². The lowest BCUT2D eigenvalue weighted by Crippen LogP contribution is -2.24. The van der Waals surface area contributed by atoms with Gasteiger partial charge in [-0.2, -0.15) is 5.10 Å². The van der Waals surface area contributed by atoms with Gasteiger partial charge in [0, 0.05) is 11.8 Å². The van der Waals surface area contributed by atoms with Gasteiger partial charge in [-0.05, 0) is 48.9 Å². The molecule has 3 rings (SSSR count). The van der Waals surface area contributed by atoms with E-state index in [1.807, 2.05) is 25.1 Å².